The van der Waals surface area contributed by atoms with Gasteiger partial charge in [-0.25, -0.2) is 4.79 Å². The molecule has 90 valence electrons. The number of fused-ring (bicyclic) bond motifs is 1. The molecule has 0 atom stereocenters. The Labute approximate surface area is 100 Å². The lowest BCUT2D eigenvalue weighted by molar-refractivity contribution is 0.0652. The van der Waals surface area contributed by atoms with E-state index in [1.54, 1.807) is 24.3 Å². The number of hydrogen-bond donors (Lipinski definition) is 3. The number of nitrogens with one attached hydrogen (secondary N) is 1. The number of nitrogens with zero attached hydrogens (tertiary/aromatic N) is 1. The van der Waals surface area contributed by atoms with Crippen LogP contribution < -0.4 is 0 Å². The van der Waals surface area contributed by atoms with Crippen LogP contribution in [-0.2, 0) is 0 Å². The van der Waals surface area contributed by atoms with Crippen molar-refractivity contribution in [2.75, 3.05) is 0 Å². The van der Waals surface area contributed by atoms with Gasteiger partial charge < -0.3 is 19.7 Å². The third-order valence-corrected chi connectivity index (χ3v) is 2.64. The minimum Gasteiger partial charge on any atom is -0.507 e. The van der Waals surface area contributed by atoms with E-state index in [1.807, 2.05) is 0 Å². The van der Waals surface area contributed by atoms with Crippen molar-refractivity contribution in [2.45, 2.75) is 0 Å². The molecular weight excluding hydrogens is 236 g/mol. The summed E-state index contributed by atoms with van der Waals surface area (Å²) in [4.78, 5) is 13.7. The van der Waals surface area contributed by atoms with Crippen LogP contribution in [0, 0.1) is 0 Å². The second-order valence-corrected chi connectivity index (χ2v) is 3.80. The third kappa shape index (κ3) is 1.51. The Morgan fingerprint density at radius 3 is 2.83 bits per heavy atom. The van der Waals surface area contributed by atoms with E-state index in [1.165, 1.54) is 6.07 Å². The van der Waals surface area contributed by atoms with E-state index >= 15 is 0 Å². The second-order valence-electron chi connectivity index (χ2n) is 3.80. The van der Waals surface area contributed by atoms with E-state index in [-0.39, 0.29) is 11.5 Å². The summed E-state index contributed by atoms with van der Waals surface area (Å²) in [6.07, 6.45) is 0. The summed E-state index contributed by atoms with van der Waals surface area (Å²) in [6, 6.07) is 8.10. The van der Waals surface area contributed by atoms with E-state index in [0.29, 0.717) is 16.8 Å². The van der Waals surface area contributed by atoms with Crippen molar-refractivity contribution in [3.8, 4) is 17.1 Å². The number of phenols is 1. The molecule has 3 rings (SSSR count). The normalized spacial score (nSPS) is 10.9. The molecular formula is C12H8N2O4. The van der Waals surface area contributed by atoms with E-state index in [2.05, 4.69) is 14.7 Å². The Bertz CT molecular complexity index is 741. The number of carbonyl (C=O) groups is 1. The van der Waals surface area contributed by atoms with Crippen molar-refractivity contribution >= 4 is 16.9 Å². The molecule has 1 aromatic carbocycles. The molecule has 3 N–H and O–H groups in total. The number of hydrogen-bond acceptors (Lipinski definition) is 4. The van der Waals surface area contributed by atoms with Crippen LogP contribution in [0.15, 0.2) is 34.9 Å². The summed E-state index contributed by atoms with van der Waals surface area (Å²) in [5.74, 6) is -1.25. The number of aromatic hydroxyl groups is 1. The first kappa shape index (κ1) is 10.4. The first-order valence-corrected chi connectivity index (χ1v) is 5.16. The minimum absolute atomic E-state index is 0.150. The van der Waals surface area contributed by atoms with Crippen LogP contribution in [0.4, 0.5) is 0 Å². The molecule has 2 aromatic heterocycles. The van der Waals surface area contributed by atoms with Crippen LogP contribution in [0.1, 0.15) is 10.6 Å². The van der Waals surface area contributed by atoms with Crippen LogP contribution in [0.2, 0.25) is 0 Å². The zero-order valence-electron chi connectivity index (χ0n) is 9.04. The van der Waals surface area contributed by atoms with Crippen molar-refractivity contribution in [1.29, 1.82) is 0 Å². The first-order chi connectivity index (χ1) is 8.65. The Morgan fingerprint density at radius 1 is 1.33 bits per heavy atom. The highest BCUT2D eigenvalue weighted by molar-refractivity contribution is 5.91. The first-order valence-electron chi connectivity index (χ1n) is 5.16. The summed E-state index contributed by atoms with van der Waals surface area (Å²) >= 11 is 0. The molecule has 0 fully saturated rings. The topological polar surface area (TPSA) is 99.3 Å². The molecule has 0 aliphatic heterocycles. The molecule has 0 radical (unpaired) electrons. The molecule has 0 bridgehead atoms. The molecule has 0 amide bonds. The SMILES string of the molecule is O=C(O)c1cc(-c2cc3c(O)cccc3[nH]2)no1. The smallest absolute Gasteiger partial charge is 0.374 e. The van der Waals surface area contributed by atoms with E-state index in [9.17, 15) is 9.90 Å². The van der Waals surface area contributed by atoms with Gasteiger partial charge in [0, 0.05) is 17.0 Å². The summed E-state index contributed by atoms with van der Waals surface area (Å²) in [5.41, 5.74) is 1.70. The lowest BCUT2D eigenvalue weighted by Crippen LogP contribution is -1.91. The average Bonchev–Trinajstić information content (AvgIpc) is 2.95. The highest BCUT2D eigenvalue weighted by atomic mass is 16.5. The summed E-state index contributed by atoms with van der Waals surface area (Å²) in [6.45, 7) is 0. The van der Waals surface area contributed by atoms with Crippen molar-refractivity contribution < 1.29 is 19.5 Å². The summed E-state index contributed by atoms with van der Waals surface area (Å²) in [7, 11) is 0. The highest BCUT2D eigenvalue weighted by Gasteiger charge is 2.14. The molecule has 0 saturated carbocycles. The fourth-order valence-corrected chi connectivity index (χ4v) is 1.78. The van der Waals surface area contributed by atoms with Gasteiger partial charge in [-0.2, -0.15) is 0 Å². The monoisotopic (exact) mass is 244 g/mol. The van der Waals surface area contributed by atoms with E-state index in [0.717, 1.165) is 5.52 Å². The fourth-order valence-electron chi connectivity index (χ4n) is 1.78. The van der Waals surface area contributed by atoms with Gasteiger partial charge in [-0.15, -0.1) is 0 Å². The molecule has 0 aliphatic carbocycles. The Hall–Kier alpha value is -2.76. The van der Waals surface area contributed by atoms with Gasteiger partial charge in [-0.1, -0.05) is 11.2 Å². The molecule has 2 heterocycles. The lowest BCUT2D eigenvalue weighted by atomic mass is 10.2. The largest absolute Gasteiger partial charge is 0.507 e. The van der Waals surface area contributed by atoms with Gasteiger partial charge in [-0.3, -0.25) is 0 Å². The van der Waals surface area contributed by atoms with Gasteiger partial charge in [0.1, 0.15) is 11.4 Å². The van der Waals surface area contributed by atoms with Gasteiger partial charge in [0.15, 0.2) is 0 Å². The number of benzene rings is 1. The molecule has 3 aromatic rings. The Balaban J connectivity index is 2.13. The Kier molecular flexibility index (Phi) is 2.09. The lowest BCUT2D eigenvalue weighted by Gasteiger charge is -1.91. The van der Waals surface area contributed by atoms with Gasteiger partial charge in [-0.05, 0) is 18.2 Å². The second kappa shape index (κ2) is 3.63. The van der Waals surface area contributed by atoms with Crippen molar-refractivity contribution in [3.63, 3.8) is 0 Å². The zero-order chi connectivity index (χ0) is 12.7. The van der Waals surface area contributed by atoms with Crippen LogP contribution in [0.5, 0.6) is 5.75 Å². The molecule has 0 unspecified atom stereocenters. The molecule has 0 saturated heterocycles. The van der Waals surface area contributed by atoms with Crippen molar-refractivity contribution in [1.82, 2.24) is 10.1 Å². The molecule has 0 aliphatic rings. The molecule has 0 spiro atoms. The van der Waals surface area contributed by atoms with Gasteiger partial charge >= 0.3 is 5.97 Å². The van der Waals surface area contributed by atoms with E-state index < -0.39 is 5.97 Å². The molecule has 18 heavy (non-hydrogen) atoms. The number of carboxylic acids is 1. The maximum Gasteiger partial charge on any atom is 0.374 e. The number of rotatable bonds is 2. The maximum absolute atomic E-state index is 10.7. The average molecular weight is 244 g/mol. The van der Waals surface area contributed by atoms with Crippen LogP contribution in [0.25, 0.3) is 22.3 Å². The quantitative estimate of drug-likeness (QED) is 0.641. The summed E-state index contributed by atoms with van der Waals surface area (Å²) < 4.78 is 4.67. The van der Waals surface area contributed by atoms with Gasteiger partial charge in [0.25, 0.3) is 0 Å². The fraction of sp³-hybridized carbons (Fsp3) is 0. The maximum atomic E-state index is 10.7. The Morgan fingerprint density at radius 2 is 2.17 bits per heavy atom. The van der Waals surface area contributed by atoms with Gasteiger partial charge in [0.2, 0.25) is 5.76 Å². The summed E-state index contributed by atoms with van der Waals surface area (Å²) in [5, 5.41) is 22.7. The standard InChI is InChI=1S/C12H8N2O4/c15-10-3-1-2-7-6(10)4-8(13-7)9-5-11(12(16)17)18-14-9/h1-5,13,15H,(H,16,17). The number of aromatic nitrogens is 2. The van der Waals surface area contributed by atoms with Crippen LogP contribution in [-0.4, -0.2) is 26.3 Å². The third-order valence-electron chi connectivity index (χ3n) is 2.64. The molecule has 6 nitrogen and oxygen atoms in total. The number of carboxylic acid groups (broad SMARTS) is 1. The number of phenolic OH excluding ortho intramolecular Hbond substituents is 1. The number of aromatic amines is 1. The molecule has 6 heteroatoms. The zero-order valence-corrected chi connectivity index (χ0v) is 9.04. The van der Waals surface area contributed by atoms with Crippen LogP contribution in [0.3, 0.4) is 0 Å². The highest BCUT2D eigenvalue weighted by Crippen LogP contribution is 2.29. The van der Waals surface area contributed by atoms with Gasteiger partial charge in [0.05, 0.1) is 5.69 Å². The predicted molar refractivity (Wildman–Crippen MR) is 62.4 cm³/mol. The van der Waals surface area contributed by atoms with E-state index in [4.69, 9.17) is 5.11 Å². The minimum atomic E-state index is -1.17. The number of aromatic carboxylic acids is 1. The predicted octanol–water partition coefficient (Wildman–Crippen LogP) is 2.23. The van der Waals surface area contributed by atoms with Crippen molar-refractivity contribution in [2.24, 2.45) is 0 Å². The van der Waals surface area contributed by atoms with Crippen molar-refractivity contribution in [3.05, 3.63) is 36.1 Å². The number of H-pyrrole nitrogens is 1. The van der Waals surface area contributed by atoms with Crippen LogP contribution >= 0.6 is 0 Å².